The fourth-order valence-corrected chi connectivity index (χ4v) is 0.183. The molecule has 7 heavy (non-hydrogen) atoms. The fourth-order valence-electron chi connectivity index (χ4n) is 0.183. The van der Waals surface area contributed by atoms with Crippen LogP contribution < -0.4 is 5.32 Å². The third kappa shape index (κ3) is 3.23. The van der Waals surface area contributed by atoms with Crippen molar-refractivity contribution in [3.8, 4) is 6.07 Å². The van der Waals surface area contributed by atoms with Crippen molar-refractivity contribution >= 4 is 0 Å². The summed E-state index contributed by atoms with van der Waals surface area (Å²) in [5.41, 5.74) is 0. The van der Waals surface area contributed by atoms with E-state index in [1.807, 2.05) is 6.07 Å². The van der Waals surface area contributed by atoms with E-state index in [9.17, 15) is 0 Å². The van der Waals surface area contributed by atoms with E-state index < -0.39 is 0 Å². The Balaban J connectivity index is 3.04. The molecule has 0 rings (SSSR count). The Morgan fingerprint density at radius 3 is 2.71 bits per heavy atom. The van der Waals surface area contributed by atoms with Gasteiger partial charge in [0.2, 0.25) is 0 Å². The second kappa shape index (κ2) is 3.59. The normalized spacial score (nSPS) is 12.7. The lowest BCUT2D eigenvalue weighted by Crippen LogP contribution is -2.24. The molecule has 0 aliphatic rings. The molecule has 0 bridgehead atoms. The van der Waals surface area contributed by atoms with E-state index in [0.717, 1.165) is 0 Å². The summed E-state index contributed by atoms with van der Waals surface area (Å²) in [6.45, 7) is 1.55. The van der Waals surface area contributed by atoms with Crippen molar-refractivity contribution < 1.29 is 5.11 Å². The van der Waals surface area contributed by atoms with Crippen LogP contribution in [0.15, 0.2) is 0 Å². The molecule has 0 aromatic carbocycles. The highest BCUT2D eigenvalue weighted by molar-refractivity contribution is 4.83. The van der Waals surface area contributed by atoms with Crippen LogP contribution in [0.4, 0.5) is 0 Å². The molecule has 0 fully saturated rings. The Bertz CT molecular complexity index is 76.2. The molecule has 0 spiro atoms. The summed E-state index contributed by atoms with van der Waals surface area (Å²) in [7, 11) is 0. The average Bonchev–Trinajstić information content (AvgIpc) is 1.68. The summed E-state index contributed by atoms with van der Waals surface area (Å²) < 4.78 is 0. The van der Waals surface area contributed by atoms with Crippen LogP contribution >= 0.6 is 0 Å². The summed E-state index contributed by atoms with van der Waals surface area (Å²) in [6.07, 6.45) is 0. The van der Waals surface area contributed by atoms with E-state index in [1.165, 1.54) is 0 Å². The van der Waals surface area contributed by atoms with Crippen LogP contribution in [0.3, 0.4) is 0 Å². The predicted molar refractivity (Wildman–Crippen MR) is 25.3 cm³/mol. The molecular formula is C4H8N2O. The molecule has 0 saturated heterocycles. The molecule has 0 aromatic rings. The van der Waals surface area contributed by atoms with Crippen molar-refractivity contribution in [2.75, 3.05) is 6.73 Å². The molecule has 0 aromatic heterocycles. The second-order valence-electron chi connectivity index (χ2n) is 1.21. The lowest BCUT2D eigenvalue weighted by molar-refractivity contribution is 0.255. The first-order valence-electron chi connectivity index (χ1n) is 2.05. The maximum Gasteiger partial charge on any atom is 0.0941 e. The fraction of sp³-hybridized carbons (Fsp3) is 0.750. The van der Waals surface area contributed by atoms with Gasteiger partial charge < -0.3 is 5.11 Å². The Hall–Kier alpha value is -0.590. The van der Waals surface area contributed by atoms with Crippen LogP contribution in [0.25, 0.3) is 0 Å². The summed E-state index contributed by atoms with van der Waals surface area (Å²) in [5, 5.41) is 18.6. The van der Waals surface area contributed by atoms with Gasteiger partial charge in [-0.2, -0.15) is 5.26 Å². The molecule has 0 aliphatic heterocycles. The molecule has 0 heterocycles. The first kappa shape index (κ1) is 6.41. The summed E-state index contributed by atoms with van der Waals surface area (Å²) in [4.78, 5) is 0. The number of hydrogen-bond donors (Lipinski definition) is 2. The molecule has 3 heteroatoms. The molecule has 1 atom stereocenters. The standard InChI is InChI=1S/C4H8N2O/c1-4(2-5)6-3-7/h4,6-7H,3H2,1H3. The molecule has 0 radical (unpaired) electrons. The zero-order valence-electron chi connectivity index (χ0n) is 4.18. The van der Waals surface area contributed by atoms with Gasteiger partial charge in [-0.1, -0.05) is 0 Å². The number of nitrogens with zero attached hydrogens (tertiary/aromatic N) is 1. The van der Waals surface area contributed by atoms with Gasteiger partial charge >= 0.3 is 0 Å². The summed E-state index contributed by atoms with van der Waals surface area (Å²) >= 11 is 0. The summed E-state index contributed by atoms with van der Waals surface area (Å²) in [5.74, 6) is 0. The van der Waals surface area contributed by atoms with Gasteiger partial charge in [-0.05, 0) is 6.92 Å². The highest BCUT2D eigenvalue weighted by Gasteiger charge is 1.90. The zero-order chi connectivity index (χ0) is 5.70. The van der Waals surface area contributed by atoms with E-state index in [2.05, 4.69) is 5.32 Å². The smallest absolute Gasteiger partial charge is 0.0941 e. The van der Waals surface area contributed by atoms with Gasteiger partial charge in [-0.3, -0.25) is 5.32 Å². The second-order valence-corrected chi connectivity index (χ2v) is 1.21. The van der Waals surface area contributed by atoms with Gasteiger partial charge in [-0.15, -0.1) is 0 Å². The van der Waals surface area contributed by atoms with E-state index in [0.29, 0.717) is 0 Å². The Kier molecular flexibility index (Phi) is 3.29. The lowest BCUT2D eigenvalue weighted by atomic mass is 10.4. The van der Waals surface area contributed by atoms with Crippen LogP contribution in [0, 0.1) is 11.3 Å². The average molecular weight is 100 g/mol. The third-order valence-corrected chi connectivity index (χ3v) is 0.591. The van der Waals surface area contributed by atoms with Crippen LogP contribution in [0.2, 0.25) is 0 Å². The van der Waals surface area contributed by atoms with Gasteiger partial charge in [0.05, 0.1) is 18.8 Å². The topological polar surface area (TPSA) is 56.0 Å². The van der Waals surface area contributed by atoms with Crippen LogP contribution in [0.5, 0.6) is 0 Å². The van der Waals surface area contributed by atoms with Crippen molar-refractivity contribution in [1.82, 2.24) is 5.32 Å². The van der Waals surface area contributed by atoms with Crippen molar-refractivity contribution in [2.24, 2.45) is 0 Å². The SMILES string of the molecule is CC(C#N)NCO. The van der Waals surface area contributed by atoms with Gasteiger partial charge in [0.1, 0.15) is 0 Å². The Labute approximate surface area is 42.6 Å². The largest absolute Gasteiger partial charge is 0.381 e. The molecule has 0 aliphatic carbocycles. The quantitative estimate of drug-likeness (QED) is 0.457. The maximum absolute atomic E-state index is 8.11. The first-order chi connectivity index (χ1) is 3.31. The van der Waals surface area contributed by atoms with E-state index >= 15 is 0 Å². The van der Waals surface area contributed by atoms with E-state index in [1.54, 1.807) is 6.92 Å². The minimum absolute atomic E-state index is 0.130. The minimum atomic E-state index is -0.245. The van der Waals surface area contributed by atoms with Crippen molar-refractivity contribution in [3.63, 3.8) is 0 Å². The first-order valence-corrected chi connectivity index (χ1v) is 2.05. The number of nitriles is 1. The molecule has 40 valence electrons. The van der Waals surface area contributed by atoms with Crippen LogP contribution in [-0.4, -0.2) is 17.9 Å². The van der Waals surface area contributed by atoms with Crippen molar-refractivity contribution in [2.45, 2.75) is 13.0 Å². The number of hydrogen-bond acceptors (Lipinski definition) is 3. The lowest BCUT2D eigenvalue weighted by Gasteiger charge is -1.97. The molecule has 0 saturated carbocycles. The zero-order valence-corrected chi connectivity index (χ0v) is 4.18. The third-order valence-electron chi connectivity index (χ3n) is 0.591. The number of nitrogens with one attached hydrogen (secondary N) is 1. The predicted octanol–water partition coefficient (Wildman–Crippen LogP) is -0.562. The van der Waals surface area contributed by atoms with Crippen molar-refractivity contribution in [1.29, 1.82) is 5.26 Å². The monoisotopic (exact) mass is 100 g/mol. The molecule has 2 N–H and O–H groups in total. The Morgan fingerprint density at radius 2 is 2.57 bits per heavy atom. The maximum atomic E-state index is 8.11. The molecule has 0 amide bonds. The summed E-state index contributed by atoms with van der Waals surface area (Å²) in [6, 6.07) is 1.65. The minimum Gasteiger partial charge on any atom is -0.381 e. The van der Waals surface area contributed by atoms with Crippen molar-refractivity contribution in [3.05, 3.63) is 0 Å². The van der Waals surface area contributed by atoms with Gasteiger partial charge in [0.25, 0.3) is 0 Å². The van der Waals surface area contributed by atoms with E-state index in [-0.39, 0.29) is 12.8 Å². The number of aliphatic hydroxyl groups excluding tert-OH is 1. The van der Waals surface area contributed by atoms with Crippen LogP contribution in [0.1, 0.15) is 6.92 Å². The molecular weight excluding hydrogens is 92.1 g/mol. The van der Waals surface area contributed by atoms with Gasteiger partial charge in [-0.25, -0.2) is 0 Å². The molecule has 1 unspecified atom stereocenters. The Morgan fingerprint density at radius 1 is 2.00 bits per heavy atom. The van der Waals surface area contributed by atoms with E-state index in [4.69, 9.17) is 10.4 Å². The van der Waals surface area contributed by atoms with Gasteiger partial charge in [0, 0.05) is 0 Å². The van der Waals surface area contributed by atoms with Crippen LogP contribution in [-0.2, 0) is 0 Å². The highest BCUT2D eigenvalue weighted by Crippen LogP contribution is 1.70. The number of aliphatic hydroxyl groups is 1. The highest BCUT2D eigenvalue weighted by atomic mass is 16.3. The van der Waals surface area contributed by atoms with Gasteiger partial charge in [0.15, 0.2) is 0 Å². The number of rotatable bonds is 2. The molecule has 3 nitrogen and oxygen atoms in total.